The number of nitrogens with two attached hydrogens (primary N) is 1. The molecule has 88 valence electrons. The van der Waals surface area contributed by atoms with Crippen LogP contribution in [0.3, 0.4) is 0 Å². The predicted molar refractivity (Wildman–Crippen MR) is 69.4 cm³/mol. The zero-order valence-corrected chi connectivity index (χ0v) is 9.66. The Morgan fingerprint density at radius 1 is 0.824 bits per heavy atom. The van der Waals surface area contributed by atoms with Gasteiger partial charge in [-0.1, -0.05) is 60.7 Å². The molecule has 0 bridgehead atoms. The van der Waals surface area contributed by atoms with E-state index in [1.165, 1.54) is 0 Å². The fraction of sp³-hybridized carbons (Fsp3) is 0.200. The van der Waals surface area contributed by atoms with Gasteiger partial charge in [0.25, 0.3) is 0 Å². The first-order valence-corrected chi connectivity index (χ1v) is 5.81. The van der Waals surface area contributed by atoms with Gasteiger partial charge in [0.1, 0.15) is 0 Å². The standard InChI is InChI=1S/C15H17NO/c16-14(12-7-3-1-4-8-12)11-15(17)13-9-5-2-6-10-13/h1-10,14-15,17H,11,16H2/t14-,15-/m0/s1. The Hall–Kier alpha value is -1.64. The molecular weight excluding hydrogens is 210 g/mol. The van der Waals surface area contributed by atoms with Crippen molar-refractivity contribution in [3.63, 3.8) is 0 Å². The summed E-state index contributed by atoms with van der Waals surface area (Å²) in [5, 5.41) is 10.1. The molecule has 0 aliphatic heterocycles. The average Bonchev–Trinajstić information content (AvgIpc) is 2.40. The number of aliphatic hydroxyl groups excluding tert-OH is 1. The molecule has 0 spiro atoms. The highest BCUT2D eigenvalue weighted by atomic mass is 16.3. The van der Waals surface area contributed by atoms with Gasteiger partial charge in [0.15, 0.2) is 0 Å². The monoisotopic (exact) mass is 227 g/mol. The summed E-state index contributed by atoms with van der Waals surface area (Å²) in [6.07, 6.45) is 0.0278. The molecule has 0 saturated heterocycles. The van der Waals surface area contributed by atoms with Gasteiger partial charge in [-0.3, -0.25) is 0 Å². The maximum atomic E-state index is 10.1. The molecule has 0 saturated carbocycles. The van der Waals surface area contributed by atoms with Crippen LogP contribution >= 0.6 is 0 Å². The van der Waals surface area contributed by atoms with E-state index in [9.17, 15) is 5.11 Å². The summed E-state index contributed by atoms with van der Waals surface area (Å²) < 4.78 is 0. The van der Waals surface area contributed by atoms with E-state index in [-0.39, 0.29) is 6.04 Å². The fourth-order valence-electron chi connectivity index (χ4n) is 1.89. The quantitative estimate of drug-likeness (QED) is 0.843. The molecule has 0 heterocycles. The minimum atomic E-state index is -0.508. The van der Waals surface area contributed by atoms with E-state index >= 15 is 0 Å². The second kappa shape index (κ2) is 5.62. The van der Waals surface area contributed by atoms with Gasteiger partial charge in [-0.25, -0.2) is 0 Å². The third kappa shape index (κ3) is 3.16. The molecule has 2 rings (SSSR count). The van der Waals surface area contributed by atoms with Crippen LogP contribution < -0.4 is 5.73 Å². The van der Waals surface area contributed by atoms with Gasteiger partial charge in [0.2, 0.25) is 0 Å². The smallest absolute Gasteiger partial charge is 0.0808 e. The molecule has 2 aromatic carbocycles. The molecular formula is C15H17NO. The minimum absolute atomic E-state index is 0.133. The van der Waals surface area contributed by atoms with Crippen LogP contribution in [0.25, 0.3) is 0 Å². The normalized spacial score (nSPS) is 14.2. The molecule has 2 nitrogen and oxygen atoms in total. The highest BCUT2D eigenvalue weighted by Gasteiger charge is 2.13. The van der Waals surface area contributed by atoms with Crippen molar-refractivity contribution in [1.29, 1.82) is 0 Å². The van der Waals surface area contributed by atoms with Gasteiger partial charge < -0.3 is 10.8 Å². The summed E-state index contributed by atoms with van der Waals surface area (Å²) in [6.45, 7) is 0. The van der Waals surface area contributed by atoms with Crippen LogP contribution in [0.2, 0.25) is 0 Å². The van der Waals surface area contributed by atoms with Crippen molar-refractivity contribution in [3.8, 4) is 0 Å². The Balaban J connectivity index is 2.02. The lowest BCUT2D eigenvalue weighted by atomic mass is 9.97. The van der Waals surface area contributed by atoms with E-state index < -0.39 is 6.10 Å². The molecule has 2 heteroatoms. The first-order chi connectivity index (χ1) is 8.27. The summed E-state index contributed by atoms with van der Waals surface area (Å²) in [7, 11) is 0. The van der Waals surface area contributed by atoms with Crippen molar-refractivity contribution in [1.82, 2.24) is 0 Å². The van der Waals surface area contributed by atoms with Crippen molar-refractivity contribution in [2.75, 3.05) is 0 Å². The van der Waals surface area contributed by atoms with Crippen LogP contribution in [-0.2, 0) is 0 Å². The molecule has 0 aliphatic rings. The van der Waals surface area contributed by atoms with Crippen LogP contribution in [0.15, 0.2) is 60.7 Å². The second-order valence-corrected chi connectivity index (χ2v) is 4.18. The zero-order chi connectivity index (χ0) is 12.1. The molecule has 0 fully saturated rings. The van der Waals surface area contributed by atoms with E-state index in [1.54, 1.807) is 0 Å². The van der Waals surface area contributed by atoms with Crippen molar-refractivity contribution in [3.05, 3.63) is 71.8 Å². The molecule has 2 atom stereocenters. The van der Waals surface area contributed by atoms with Crippen LogP contribution in [-0.4, -0.2) is 5.11 Å². The Bertz CT molecular complexity index is 397. The van der Waals surface area contributed by atoms with Gasteiger partial charge in [-0.2, -0.15) is 0 Å². The van der Waals surface area contributed by atoms with Crippen molar-refractivity contribution in [2.24, 2.45) is 5.73 Å². The van der Waals surface area contributed by atoms with Crippen LogP contribution in [0.1, 0.15) is 29.7 Å². The Morgan fingerprint density at radius 3 is 1.82 bits per heavy atom. The molecule has 17 heavy (non-hydrogen) atoms. The van der Waals surface area contributed by atoms with Crippen LogP contribution in [0, 0.1) is 0 Å². The molecule has 0 aromatic heterocycles. The summed E-state index contributed by atoms with van der Waals surface area (Å²) in [6, 6.07) is 19.4. The number of aliphatic hydroxyl groups is 1. The highest BCUT2D eigenvalue weighted by Crippen LogP contribution is 2.24. The molecule has 3 N–H and O–H groups in total. The maximum Gasteiger partial charge on any atom is 0.0808 e. The van der Waals surface area contributed by atoms with E-state index in [4.69, 9.17) is 5.73 Å². The van der Waals surface area contributed by atoms with E-state index in [2.05, 4.69) is 0 Å². The van der Waals surface area contributed by atoms with E-state index in [0.29, 0.717) is 6.42 Å². The summed E-state index contributed by atoms with van der Waals surface area (Å²) >= 11 is 0. The fourth-order valence-corrected chi connectivity index (χ4v) is 1.89. The lowest BCUT2D eigenvalue weighted by Crippen LogP contribution is -2.14. The first-order valence-electron chi connectivity index (χ1n) is 5.81. The third-order valence-corrected chi connectivity index (χ3v) is 2.89. The van der Waals surface area contributed by atoms with Gasteiger partial charge >= 0.3 is 0 Å². The van der Waals surface area contributed by atoms with Gasteiger partial charge in [-0.05, 0) is 17.5 Å². The van der Waals surface area contributed by atoms with E-state index in [0.717, 1.165) is 11.1 Å². The topological polar surface area (TPSA) is 46.2 Å². The maximum absolute atomic E-state index is 10.1. The van der Waals surface area contributed by atoms with Crippen molar-refractivity contribution >= 4 is 0 Å². The zero-order valence-electron chi connectivity index (χ0n) is 9.66. The summed E-state index contributed by atoms with van der Waals surface area (Å²) in [5.74, 6) is 0. The molecule has 0 aliphatic carbocycles. The van der Waals surface area contributed by atoms with Crippen LogP contribution in [0.5, 0.6) is 0 Å². The van der Waals surface area contributed by atoms with E-state index in [1.807, 2.05) is 60.7 Å². The van der Waals surface area contributed by atoms with Gasteiger partial charge in [0, 0.05) is 6.04 Å². The second-order valence-electron chi connectivity index (χ2n) is 4.18. The SMILES string of the molecule is N[C@@H](C[C@H](O)c1ccccc1)c1ccccc1. The third-order valence-electron chi connectivity index (χ3n) is 2.89. The van der Waals surface area contributed by atoms with Gasteiger partial charge in [0.05, 0.1) is 6.10 Å². The Labute approximate surface area is 102 Å². The number of rotatable bonds is 4. The van der Waals surface area contributed by atoms with Gasteiger partial charge in [-0.15, -0.1) is 0 Å². The van der Waals surface area contributed by atoms with Crippen molar-refractivity contribution < 1.29 is 5.11 Å². The lowest BCUT2D eigenvalue weighted by molar-refractivity contribution is 0.158. The largest absolute Gasteiger partial charge is 0.388 e. The minimum Gasteiger partial charge on any atom is -0.388 e. The van der Waals surface area contributed by atoms with Crippen LogP contribution in [0.4, 0.5) is 0 Å². The molecule has 2 aromatic rings. The summed E-state index contributed by atoms with van der Waals surface area (Å²) in [4.78, 5) is 0. The number of hydrogen-bond acceptors (Lipinski definition) is 2. The molecule has 0 amide bonds. The Kier molecular flexibility index (Phi) is 3.91. The predicted octanol–water partition coefficient (Wildman–Crippen LogP) is 2.81. The first kappa shape index (κ1) is 11.8. The Morgan fingerprint density at radius 2 is 1.29 bits per heavy atom. The summed E-state index contributed by atoms with van der Waals surface area (Å²) in [5.41, 5.74) is 8.05. The molecule has 0 radical (unpaired) electrons. The average molecular weight is 227 g/mol. The lowest BCUT2D eigenvalue weighted by Gasteiger charge is -2.17. The number of benzene rings is 2. The number of hydrogen-bond donors (Lipinski definition) is 2. The molecule has 0 unspecified atom stereocenters. The highest BCUT2D eigenvalue weighted by molar-refractivity contribution is 5.21. The van der Waals surface area contributed by atoms with Crippen molar-refractivity contribution in [2.45, 2.75) is 18.6 Å².